The van der Waals surface area contributed by atoms with Gasteiger partial charge < -0.3 is 5.32 Å². The molecule has 0 radical (unpaired) electrons. The molecule has 0 atom stereocenters. The lowest BCUT2D eigenvalue weighted by Crippen LogP contribution is -2.27. The van der Waals surface area contributed by atoms with Gasteiger partial charge >= 0.3 is 0 Å². The maximum atomic E-state index is 11.3. The van der Waals surface area contributed by atoms with Crippen molar-refractivity contribution in [2.24, 2.45) is 0 Å². The van der Waals surface area contributed by atoms with Crippen LogP contribution in [0.3, 0.4) is 0 Å². The Morgan fingerprint density at radius 2 is 2.07 bits per heavy atom. The summed E-state index contributed by atoms with van der Waals surface area (Å²) in [6, 6.07) is 10.2. The molecule has 0 aromatic heterocycles. The molecule has 0 saturated carbocycles. The van der Waals surface area contributed by atoms with E-state index in [-0.39, 0.29) is 5.91 Å². The second kappa shape index (κ2) is 7.35. The van der Waals surface area contributed by atoms with Crippen molar-refractivity contribution >= 4 is 17.7 Å². The topological polar surface area (TPSA) is 29.1 Å². The van der Waals surface area contributed by atoms with Crippen LogP contribution < -0.4 is 5.32 Å². The van der Waals surface area contributed by atoms with Crippen molar-refractivity contribution in [2.45, 2.75) is 13.3 Å². The van der Waals surface area contributed by atoms with E-state index in [0.717, 1.165) is 18.7 Å². The standard InChI is InChI=1S/C12H17NOS/c1-2-15-10-12(14)13-9-8-11-6-4-3-5-7-11/h3-7H,2,8-10H2,1H3,(H,13,14). The normalized spacial score (nSPS) is 9.93. The van der Waals surface area contributed by atoms with Gasteiger partial charge in [-0.2, -0.15) is 11.8 Å². The Hall–Kier alpha value is -0.960. The lowest BCUT2D eigenvalue weighted by atomic mass is 10.1. The molecule has 0 spiro atoms. The molecule has 1 amide bonds. The van der Waals surface area contributed by atoms with Crippen LogP contribution in [-0.4, -0.2) is 24.0 Å². The molecule has 0 saturated heterocycles. The van der Waals surface area contributed by atoms with Crippen molar-refractivity contribution in [2.75, 3.05) is 18.1 Å². The molecular weight excluding hydrogens is 206 g/mol. The number of carbonyl (C=O) groups is 1. The highest BCUT2D eigenvalue weighted by atomic mass is 32.2. The van der Waals surface area contributed by atoms with Crippen LogP contribution in [0.4, 0.5) is 0 Å². The number of amides is 1. The van der Waals surface area contributed by atoms with E-state index in [2.05, 4.69) is 24.4 Å². The van der Waals surface area contributed by atoms with E-state index in [1.807, 2.05) is 18.2 Å². The van der Waals surface area contributed by atoms with E-state index < -0.39 is 0 Å². The van der Waals surface area contributed by atoms with Crippen LogP contribution in [0.5, 0.6) is 0 Å². The van der Waals surface area contributed by atoms with Crippen molar-refractivity contribution in [3.8, 4) is 0 Å². The second-order valence-electron chi connectivity index (χ2n) is 3.22. The molecule has 0 bridgehead atoms. The zero-order valence-electron chi connectivity index (χ0n) is 9.03. The van der Waals surface area contributed by atoms with E-state index in [4.69, 9.17) is 0 Å². The molecule has 0 aliphatic heterocycles. The fourth-order valence-corrected chi connectivity index (χ4v) is 1.73. The molecule has 0 unspecified atom stereocenters. The quantitative estimate of drug-likeness (QED) is 0.800. The number of hydrogen-bond acceptors (Lipinski definition) is 2. The molecule has 0 fully saturated rings. The predicted octanol–water partition coefficient (Wildman–Crippen LogP) is 2.10. The van der Waals surface area contributed by atoms with Gasteiger partial charge in [-0.3, -0.25) is 4.79 Å². The van der Waals surface area contributed by atoms with Gasteiger partial charge in [-0.1, -0.05) is 37.3 Å². The Morgan fingerprint density at radius 1 is 1.33 bits per heavy atom. The van der Waals surface area contributed by atoms with Crippen molar-refractivity contribution in [1.82, 2.24) is 5.32 Å². The Balaban J connectivity index is 2.14. The summed E-state index contributed by atoms with van der Waals surface area (Å²) in [5.74, 6) is 1.70. The fraction of sp³-hybridized carbons (Fsp3) is 0.417. The van der Waals surface area contributed by atoms with Crippen LogP contribution in [0, 0.1) is 0 Å². The third-order valence-corrected chi connectivity index (χ3v) is 2.89. The minimum Gasteiger partial charge on any atom is -0.355 e. The Morgan fingerprint density at radius 3 is 2.73 bits per heavy atom. The third-order valence-electron chi connectivity index (χ3n) is 2.02. The third kappa shape index (κ3) is 5.47. The van der Waals surface area contributed by atoms with Gasteiger partial charge in [0.25, 0.3) is 0 Å². The fourth-order valence-electron chi connectivity index (χ4n) is 1.24. The minimum atomic E-state index is 0.137. The van der Waals surface area contributed by atoms with E-state index >= 15 is 0 Å². The summed E-state index contributed by atoms with van der Waals surface area (Å²) in [4.78, 5) is 11.3. The minimum absolute atomic E-state index is 0.137. The highest BCUT2D eigenvalue weighted by molar-refractivity contribution is 7.99. The zero-order chi connectivity index (χ0) is 10.9. The molecule has 1 aromatic carbocycles. The number of carbonyl (C=O) groups excluding carboxylic acids is 1. The monoisotopic (exact) mass is 223 g/mol. The summed E-state index contributed by atoms with van der Waals surface area (Å²) in [7, 11) is 0. The van der Waals surface area contributed by atoms with Crippen LogP contribution in [0.1, 0.15) is 12.5 Å². The molecule has 1 rings (SSSR count). The Labute approximate surface area is 95.5 Å². The molecule has 2 nitrogen and oxygen atoms in total. The van der Waals surface area contributed by atoms with Gasteiger partial charge in [0.1, 0.15) is 0 Å². The summed E-state index contributed by atoms with van der Waals surface area (Å²) in [6.07, 6.45) is 0.906. The highest BCUT2D eigenvalue weighted by Gasteiger charge is 1.99. The van der Waals surface area contributed by atoms with Crippen molar-refractivity contribution < 1.29 is 4.79 Å². The lowest BCUT2D eigenvalue weighted by molar-refractivity contribution is -0.118. The summed E-state index contributed by atoms with van der Waals surface area (Å²) in [5.41, 5.74) is 1.26. The van der Waals surface area contributed by atoms with Crippen LogP contribution in [0.15, 0.2) is 30.3 Å². The summed E-state index contributed by atoms with van der Waals surface area (Å²) < 4.78 is 0. The molecule has 3 heteroatoms. The van der Waals surface area contributed by atoms with Gasteiger partial charge in [0, 0.05) is 6.54 Å². The average Bonchev–Trinajstić information content (AvgIpc) is 2.28. The molecule has 0 heterocycles. The van der Waals surface area contributed by atoms with Crippen LogP contribution in [0.2, 0.25) is 0 Å². The van der Waals surface area contributed by atoms with Gasteiger partial charge in [0.2, 0.25) is 5.91 Å². The van der Waals surface area contributed by atoms with Gasteiger partial charge in [0.15, 0.2) is 0 Å². The van der Waals surface area contributed by atoms with Gasteiger partial charge in [-0.05, 0) is 17.7 Å². The number of benzene rings is 1. The molecule has 82 valence electrons. The molecule has 0 aliphatic carbocycles. The van der Waals surface area contributed by atoms with Gasteiger partial charge in [0.05, 0.1) is 5.75 Å². The molecular formula is C12H17NOS. The highest BCUT2D eigenvalue weighted by Crippen LogP contribution is 1.99. The first kappa shape index (κ1) is 12.1. The Bertz CT molecular complexity index is 287. The number of hydrogen-bond donors (Lipinski definition) is 1. The number of thioether (sulfide) groups is 1. The van der Waals surface area contributed by atoms with Crippen molar-refractivity contribution in [3.05, 3.63) is 35.9 Å². The maximum Gasteiger partial charge on any atom is 0.230 e. The van der Waals surface area contributed by atoms with Gasteiger partial charge in [-0.15, -0.1) is 0 Å². The van der Waals surface area contributed by atoms with Crippen LogP contribution in [0.25, 0.3) is 0 Å². The van der Waals surface area contributed by atoms with Gasteiger partial charge in [-0.25, -0.2) is 0 Å². The predicted molar refractivity (Wildman–Crippen MR) is 66.2 cm³/mol. The smallest absolute Gasteiger partial charge is 0.230 e. The average molecular weight is 223 g/mol. The lowest BCUT2D eigenvalue weighted by Gasteiger charge is -2.04. The summed E-state index contributed by atoms with van der Waals surface area (Å²) >= 11 is 1.65. The SMILES string of the molecule is CCSCC(=O)NCCc1ccccc1. The molecule has 15 heavy (non-hydrogen) atoms. The summed E-state index contributed by atoms with van der Waals surface area (Å²) in [5, 5.41) is 2.91. The van der Waals surface area contributed by atoms with E-state index in [9.17, 15) is 4.79 Å². The number of nitrogens with one attached hydrogen (secondary N) is 1. The first-order valence-corrected chi connectivity index (χ1v) is 6.36. The van der Waals surface area contributed by atoms with E-state index in [1.54, 1.807) is 11.8 Å². The number of rotatable bonds is 6. The van der Waals surface area contributed by atoms with Crippen LogP contribution in [-0.2, 0) is 11.2 Å². The molecule has 1 aromatic rings. The van der Waals surface area contributed by atoms with Crippen molar-refractivity contribution in [1.29, 1.82) is 0 Å². The van der Waals surface area contributed by atoms with E-state index in [1.165, 1.54) is 5.56 Å². The first-order valence-electron chi connectivity index (χ1n) is 5.21. The maximum absolute atomic E-state index is 11.3. The molecule has 1 N–H and O–H groups in total. The second-order valence-corrected chi connectivity index (χ2v) is 4.50. The van der Waals surface area contributed by atoms with Crippen LogP contribution >= 0.6 is 11.8 Å². The Kier molecular flexibility index (Phi) is 5.93. The van der Waals surface area contributed by atoms with E-state index in [0.29, 0.717) is 5.75 Å². The van der Waals surface area contributed by atoms with Crippen molar-refractivity contribution in [3.63, 3.8) is 0 Å². The first-order chi connectivity index (χ1) is 7.33. The largest absolute Gasteiger partial charge is 0.355 e. The summed E-state index contributed by atoms with van der Waals surface area (Å²) in [6.45, 7) is 2.79. The zero-order valence-corrected chi connectivity index (χ0v) is 9.85. The molecule has 0 aliphatic rings.